The van der Waals surface area contributed by atoms with E-state index in [0.717, 1.165) is 15.1 Å². The van der Waals surface area contributed by atoms with Gasteiger partial charge >= 0.3 is 0 Å². The smallest absolute Gasteiger partial charge is 0.174 e. The van der Waals surface area contributed by atoms with Crippen molar-refractivity contribution in [1.29, 1.82) is 0 Å². The zero-order valence-electron chi connectivity index (χ0n) is 10.9. The minimum atomic E-state index is -0.0677. The van der Waals surface area contributed by atoms with Crippen LogP contribution in [0.2, 0.25) is 0 Å². The van der Waals surface area contributed by atoms with E-state index in [-0.39, 0.29) is 11.5 Å². The summed E-state index contributed by atoms with van der Waals surface area (Å²) in [6.07, 6.45) is 0. The van der Waals surface area contributed by atoms with E-state index in [1.807, 2.05) is 40.8 Å². The van der Waals surface area contributed by atoms with Gasteiger partial charge in [-0.05, 0) is 69.4 Å². The summed E-state index contributed by atoms with van der Waals surface area (Å²) in [6.45, 7) is 0. The normalized spacial score (nSPS) is 9.40. The molecule has 6 heteroatoms. The van der Waals surface area contributed by atoms with Crippen LogP contribution >= 0.6 is 45.2 Å². The quantitative estimate of drug-likeness (QED) is 0.484. The molecule has 0 aromatic heterocycles. The fraction of sp³-hybridized carbons (Fsp3) is 0.143. The molecule has 2 aromatic carbocycles. The van der Waals surface area contributed by atoms with Crippen molar-refractivity contribution in [2.24, 2.45) is 0 Å². The van der Waals surface area contributed by atoms with Gasteiger partial charge in [0.05, 0.1) is 21.4 Å². The lowest BCUT2D eigenvalue weighted by Crippen LogP contribution is -1.91. The van der Waals surface area contributed by atoms with Crippen LogP contribution in [0, 0.1) is 7.14 Å². The summed E-state index contributed by atoms with van der Waals surface area (Å²) < 4.78 is 11.9. The zero-order chi connectivity index (χ0) is 15.1. The van der Waals surface area contributed by atoms with Crippen LogP contribution in [0.4, 0.5) is 0 Å². The highest BCUT2D eigenvalue weighted by atomic mass is 127. The van der Waals surface area contributed by atoms with Gasteiger partial charge in [-0.25, -0.2) is 0 Å². The molecular formula is C14H14I2O4. The average molecular weight is 500 g/mol. The number of hydrogen-bond acceptors (Lipinski definition) is 4. The highest BCUT2D eigenvalue weighted by Crippen LogP contribution is 2.31. The number of aromatic hydroxyl groups is 2. The van der Waals surface area contributed by atoms with Gasteiger partial charge in [-0.2, -0.15) is 0 Å². The van der Waals surface area contributed by atoms with Gasteiger partial charge < -0.3 is 19.7 Å². The average Bonchev–Trinajstić information content (AvgIpc) is 2.45. The number of halogens is 2. The molecule has 2 N–H and O–H groups in total. The van der Waals surface area contributed by atoms with Crippen LogP contribution in [-0.2, 0) is 0 Å². The lowest BCUT2D eigenvalue weighted by atomic mass is 10.3. The maximum absolute atomic E-state index is 8.95. The Morgan fingerprint density at radius 1 is 0.850 bits per heavy atom. The molecule has 4 nitrogen and oxygen atoms in total. The highest BCUT2D eigenvalue weighted by Gasteiger charge is 2.05. The Bertz CT molecular complexity index is 553. The number of para-hydroxylation sites is 2. The molecule has 0 aliphatic heterocycles. The van der Waals surface area contributed by atoms with Crippen LogP contribution < -0.4 is 9.47 Å². The lowest BCUT2D eigenvalue weighted by Gasteiger charge is -2.07. The second-order valence-corrected chi connectivity index (χ2v) is 5.91. The molecule has 0 saturated heterocycles. The second-order valence-electron chi connectivity index (χ2n) is 3.58. The van der Waals surface area contributed by atoms with Gasteiger partial charge in [0.15, 0.2) is 23.0 Å². The molecule has 0 spiro atoms. The third-order valence-corrected chi connectivity index (χ3v) is 4.04. The van der Waals surface area contributed by atoms with Crippen LogP contribution in [0.25, 0.3) is 0 Å². The van der Waals surface area contributed by atoms with Crippen LogP contribution in [0.5, 0.6) is 23.0 Å². The fourth-order valence-electron chi connectivity index (χ4n) is 1.35. The van der Waals surface area contributed by atoms with E-state index in [1.54, 1.807) is 26.4 Å². The molecule has 0 bridgehead atoms. The molecule has 0 atom stereocenters. The van der Waals surface area contributed by atoms with Gasteiger partial charge in [-0.3, -0.25) is 0 Å². The Morgan fingerprint density at radius 3 is 1.90 bits per heavy atom. The van der Waals surface area contributed by atoms with Crippen molar-refractivity contribution < 1.29 is 19.7 Å². The van der Waals surface area contributed by atoms with Crippen molar-refractivity contribution in [2.45, 2.75) is 0 Å². The van der Waals surface area contributed by atoms with E-state index in [2.05, 4.69) is 22.6 Å². The standard InChI is InChI=1S/C8H9IO2.C6H5IO2/c1-10-7-5-3-4-6(9)8(7)11-2;7-4-2-1-3-5(8)6(4)9/h3-5H,1-2H3;1-3,8-9H. The van der Waals surface area contributed by atoms with Crippen molar-refractivity contribution in [3.63, 3.8) is 0 Å². The van der Waals surface area contributed by atoms with Crippen molar-refractivity contribution in [3.8, 4) is 23.0 Å². The monoisotopic (exact) mass is 500 g/mol. The predicted octanol–water partition coefficient (Wildman–Crippen LogP) is 4.01. The third kappa shape index (κ3) is 4.58. The third-order valence-electron chi connectivity index (χ3n) is 2.32. The van der Waals surface area contributed by atoms with Gasteiger partial charge in [0.1, 0.15) is 0 Å². The molecule has 0 saturated carbocycles. The first-order chi connectivity index (χ1) is 9.51. The minimum Gasteiger partial charge on any atom is -0.504 e. The molecule has 0 amide bonds. The Balaban J connectivity index is 0.000000204. The number of methoxy groups -OCH3 is 2. The van der Waals surface area contributed by atoms with E-state index < -0.39 is 0 Å². The first-order valence-electron chi connectivity index (χ1n) is 5.54. The second kappa shape index (κ2) is 8.40. The molecule has 0 unspecified atom stereocenters. The van der Waals surface area contributed by atoms with Crippen LogP contribution in [0.1, 0.15) is 0 Å². The highest BCUT2D eigenvalue weighted by molar-refractivity contribution is 14.1. The summed E-state index contributed by atoms with van der Waals surface area (Å²) in [5.74, 6) is 1.47. The molecule has 0 aliphatic carbocycles. The summed E-state index contributed by atoms with van der Waals surface area (Å²) in [5, 5.41) is 17.8. The van der Waals surface area contributed by atoms with E-state index in [1.165, 1.54) is 6.07 Å². The number of rotatable bonds is 2. The van der Waals surface area contributed by atoms with Gasteiger partial charge in [0.25, 0.3) is 0 Å². The summed E-state index contributed by atoms with van der Waals surface area (Å²) in [7, 11) is 3.27. The lowest BCUT2D eigenvalue weighted by molar-refractivity contribution is 0.353. The maximum Gasteiger partial charge on any atom is 0.174 e. The molecule has 0 fully saturated rings. The summed E-state index contributed by atoms with van der Waals surface area (Å²) in [6, 6.07) is 10.6. The Labute approximate surface area is 145 Å². The van der Waals surface area contributed by atoms with Gasteiger partial charge in [-0.15, -0.1) is 0 Å². The van der Waals surface area contributed by atoms with E-state index in [0.29, 0.717) is 3.57 Å². The Kier molecular flexibility index (Phi) is 7.20. The van der Waals surface area contributed by atoms with Crippen molar-refractivity contribution in [2.75, 3.05) is 14.2 Å². The van der Waals surface area contributed by atoms with Gasteiger partial charge in [-0.1, -0.05) is 12.1 Å². The van der Waals surface area contributed by atoms with E-state index >= 15 is 0 Å². The molecule has 2 aromatic rings. The number of phenolic OH excluding ortho intramolecular Hbond substituents is 2. The van der Waals surface area contributed by atoms with Crippen LogP contribution in [0.3, 0.4) is 0 Å². The van der Waals surface area contributed by atoms with Gasteiger partial charge in [0.2, 0.25) is 0 Å². The molecule has 0 aliphatic rings. The largest absolute Gasteiger partial charge is 0.504 e. The Hall–Kier alpha value is -0.900. The topological polar surface area (TPSA) is 58.9 Å². The maximum atomic E-state index is 8.95. The van der Waals surface area contributed by atoms with E-state index in [9.17, 15) is 0 Å². The zero-order valence-corrected chi connectivity index (χ0v) is 15.2. The molecular weight excluding hydrogens is 486 g/mol. The predicted molar refractivity (Wildman–Crippen MR) is 94.8 cm³/mol. The van der Waals surface area contributed by atoms with Gasteiger partial charge in [0, 0.05) is 0 Å². The molecule has 0 heterocycles. The molecule has 0 radical (unpaired) electrons. The first kappa shape index (κ1) is 17.2. The van der Waals surface area contributed by atoms with Crippen molar-refractivity contribution in [1.82, 2.24) is 0 Å². The SMILES string of the molecule is COc1cccc(I)c1OC.Oc1cccc(I)c1O. The Morgan fingerprint density at radius 2 is 1.45 bits per heavy atom. The minimum absolute atomic E-state index is 0.0434. The van der Waals surface area contributed by atoms with E-state index in [4.69, 9.17) is 19.7 Å². The van der Waals surface area contributed by atoms with Crippen LogP contribution in [0.15, 0.2) is 36.4 Å². The molecule has 20 heavy (non-hydrogen) atoms. The number of benzene rings is 2. The summed E-state index contributed by atoms with van der Waals surface area (Å²) in [5.41, 5.74) is 0. The fourth-order valence-corrected chi connectivity index (χ4v) is 2.53. The summed E-state index contributed by atoms with van der Waals surface area (Å²) >= 11 is 4.14. The van der Waals surface area contributed by atoms with Crippen LogP contribution in [-0.4, -0.2) is 24.4 Å². The number of hydrogen-bond donors (Lipinski definition) is 2. The molecule has 108 valence electrons. The number of ether oxygens (including phenoxy) is 2. The number of phenols is 2. The van der Waals surface area contributed by atoms with Crippen molar-refractivity contribution >= 4 is 45.2 Å². The van der Waals surface area contributed by atoms with Crippen molar-refractivity contribution in [3.05, 3.63) is 43.5 Å². The molecule has 2 rings (SSSR count). The first-order valence-corrected chi connectivity index (χ1v) is 7.70. The summed E-state index contributed by atoms with van der Waals surface area (Å²) in [4.78, 5) is 0.